The Labute approximate surface area is 160 Å². The van der Waals surface area contributed by atoms with Gasteiger partial charge in [0, 0.05) is 31.9 Å². The largest absolute Gasteiger partial charge is 0.444 e. The lowest BCUT2D eigenvalue weighted by Crippen LogP contribution is -2.49. The summed E-state index contributed by atoms with van der Waals surface area (Å²) in [5, 5.41) is 8.87. The van der Waals surface area contributed by atoms with Gasteiger partial charge in [0.2, 0.25) is 0 Å². The summed E-state index contributed by atoms with van der Waals surface area (Å²) < 4.78 is 19.4. The zero-order chi connectivity index (χ0) is 19.7. The van der Waals surface area contributed by atoms with E-state index in [1.165, 1.54) is 6.07 Å². The van der Waals surface area contributed by atoms with Gasteiger partial charge >= 0.3 is 6.09 Å². The summed E-state index contributed by atoms with van der Waals surface area (Å²) in [6.45, 7) is 8.88. The Balaban J connectivity index is 1.55. The molecule has 5 nitrogen and oxygen atoms in total. The number of anilines is 1. The van der Waals surface area contributed by atoms with Crippen LogP contribution in [-0.4, -0.2) is 42.8 Å². The van der Waals surface area contributed by atoms with Crippen LogP contribution in [0, 0.1) is 22.6 Å². The number of carbonyl (C=O) groups excluding carboxylic acids is 1. The van der Waals surface area contributed by atoms with Crippen LogP contribution in [0.3, 0.4) is 0 Å². The van der Waals surface area contributed by atoms with Crippen molar-refractivity contribution in [2.75, 3.05) is 31.1 Å². The highest BCUT2D eigenvalue weighted by Crippen LogP contribution is 2.42. The number of nitrogens with zero attached hydrogens (tertiary/aromatic N) is 3. The maximum absolute atomic E-state index is 13.9. The van der Waals surface area contributed by atoms with Crippen LogP contribution < -0.4 is 4.90 Å². The first-order valence-electron chi connectivity index (χ1n) is 9.64. The summed E-state index contributed by atoms with van der Waals surface area (Å²) in [4.78, 5) is 16.3. The van der Waals surface area contributed by atoms with Gasteiger partial charge in [-0.3, -0.25) is 0 Å². The SMILES string of the molecule is CC(C)(C)OC(=O)N1CCC2(CC1)CCN(c1ccc(C#N)c(F)c1)CC2. The average molecular weight is 373 g/mol. The minimum Gasteiger partial charge on any atom is -0.444 e. The molecule has 0 aliphatic carbocycles. The van der Waals surface area contributed by atoms with Gasteiger partial charge in [-0.25, -0.2) is 9.18 Å². The van der Waals surface area contributed by atoms with Crippen LogP contribution in [0.15, 0.2) is 18.2 Å². The van der Waals surface area contributed by atoms with Gasteiger partial charge in [-0.15, -0.1) is 0 Å². The number of piperidine rings is 2. The van der Waals surface area contributed by atoms with Crippen LogP contribution in [0.2, 0.25) is 0 Å². The van der Waals surface area contributed by atoms with Gasteiger partial charge in [0.15, 0.2) is 0 Å². The molecule has 1 spiro atoms. The van der Waals surface area contributed by atoms with Crippen LogP contribution in [0.25, 0.3) is 0 Å². The highest BCUT2D eigenvalue weighted by Gasteiger charge is 2.39. The molecule has 0 aromatic heterocycles. The molecule has 0 N–H and O–H groups in total. The van der Waals surface area contributed by atoms with Crippen molar-refractivity contribution in [2.24, 2.45) is 5.41 Å². The van der Waals surface area contributed by atoms with Crippen molar-refractivity contribution in [2.45, 2.75) is 52.1 Å². The predicted molar refractivity (Wildman–Crippen MR) is 102 cm³/mol. The fourth-order valence-corrected chi connectivity index (χ4v) is 4.02. The number of ether oxygens (including phenoxy) is 1. The number of carbonyl (C=O) groups is 1. The molecule has 2 aliphatic rings. The lowest BCUT2D eigenvalue weighted by Gasteiger charge is -2.47. The molecule has 2 heterocycles. The number of nitriles is 1. The summed E-state index contributed by atoms with van der Waals surface area (Å²) in [6, 6.07) is 6.70. The number of rotatable bonds is 1. The summed E-state index contributed by atoms with van der Waals surface area (Å²) >= 11 is 0. The molecule has 0 radical (unpaired) electrons. The van der Waals surface area contributed by atoms with E-state index < -0.39 is 11.4 Å². The van der Waals surface area contributed by atoms with Gasteiger partial charge in [0.1, 0.15) is 17.5 Å². The van der Waals surface area contributed by atoms with E-state index in [1.54, 1.807) is 6.07 Å². The first kappa shape index (κ1) is 19.5. The Kier molecular flexibility index (Phi) is 5.32. The van der Waals surface area contributed by atoms with Crippen molar-refractivity contribution in [3.8, 4) is 6.07 Å². The van der Waals surface area contributed by atoms with E-state index in [0.29, 0.717) is 0 Å². The highest BCUT2D eigenvalue weighted by molar-refractivity contribution is 5.68. The van der Waals surface area contributed by atoms with Crippen molar-refractivity contribution in [1.82, 2.24) is 4.90 Å². The third-order valence-corrected chi connectivity index (χ3v) is 5.74. The lowest BCUT2D eigenvalue weighted by atomic mass is 9.71. The number of amides is 1. The smallest absolute Gasteiger partial charge is 0.410 e. The third kappa shape index (κ3) is 4.52. The van der Waals surface area contributed by atoms with Crippen LogP contribution in [-0.2, 0) is 4.74 Å². The molecule has 0 bridgehead atoms. The maximum atomic E-state index is 13.9. The van der Waals surface area contributed by atoms with E-state index in [2.05, 4.69) is 4.90 Å². The molecule has 146 valence electrons. The Morgan fingerprint density at radius 2 is 1.74 bits per heavy atom. The van der Waals surface area contributed by atoms with Crippen LogP contribution >= 0.6 is 0 Å². The van der Waals surface area contributed by atoms with Crippen molar-refractivity contribution < 1.29 is 13.9 Å². The Bertz CT molecular complexity index is 733. The second kappa shape index (κ2) is 7.38. The topological polar surface area (TPSA) is 56.6 Å². The van der Waals surface area contributed by atoms with E-state index in [0.717, 1.165) is 57.5 Å². The maximum Gasteiger partial charge on any atom is 0.410 e. The Morgan fingerprint density at radius 1 is 1.15 bits per heavy atom. The number of benzene rings is 1. The molecular weight excluding hydrogens is 345 g/mol. The molecule has 2 saturated heterocycles. The zero-order valence-electron chi connectivity index (χ0n) is 16.4. The first-order chi connectivity index (χ1) is 12.7. The monoisotopic (exact) mass is 373 g/mol. The molecule has 6 heteroatoms. The molecular formula is C21H28FN3O2. The fourth-order valence-electron chi connectivity index (χ4n) is 4.02. The van der Waals surface area contributed by atoms with Crippen LogP contribution in [0.4, 0.5) is 14.9 Å². The van der Waals surface area contributed by atoms with Crippen LogP contribution in [0.5, 0.6) is 0 Å². The quantitative estimate of drug-likeness (QED) is 0.736. The lowest BCUT2D eigenvalue weighted by molar-refractivity contribution is 0.00666. The van der Waals surface area contributed by atoms with E-state index in [9.17, 15) is 9.18 Å². The van der Waals surface area contributed by atoms with Gasteiger partial charge in [-0.05, 0) is 70.1 Å². The van der Waals surface area contributed by atoms with E-state index in [1.807, 2.05) is 37.8 Å². The molecule has 1 aromatic carbocycles. The minimum absolute atomic E-state index is 0.0849. The van der Waals surface area contributed by atoms with Crippen molar-refractivity contribution in [3.63, 3.8) is 0 Å². The summed E-state index contributed by atoms with van der Waals surface area (Å²) in [6.07, 6.45) is 3.83. The highest BCUT2D eigenvalue weighted by atomic mass is 19.1. The molecule has 1 amide bonds. The molecule has 2 fully saturated rings. The Morgan fingerprint density at radius 3 is 2.26 bits per heavy atom. The number of hydrogen-bond donors (Lipinski definition) is 0. The number of likely N-dealkylation sites (tertiary alicyclic amines) is 1. The standard InChI is InChI=1S/C21H28FN3O2/c1-20(2,3)27-19(26)25-12-8-21(9-13-25)6-10-24(11-7-21)17-5-4-16(15-23)18(22)14-17/h4-5,14H,6-13H2,1-3H3. The van der Waals surface area contributed by atoms with Crippen molar-refractivity contribution >= 4 is 11.8 Å². The first-order valence-corrected chi connectivity index (χ1v) is 9.64. The summed E-state index contributed by atoms with van der Waals surface area (Å²) in [5.41, 5.74) is 0.725. The number of hydrogen-bond acceptors (Lipinski definition) is 4. The van der Waals surface area contributed by atoms with E-state index >= 15 is 0 Å². The molecule has 0 atom stereocenters. The minimum atomic E-state index is -0.464. The molecule has 0 saturated carbocycles. The molecule has 1 aromatic rings. The molecule has 2 aliphatic heterocycles. The summed E-state index contributed by atoms with van der Waals surface area (Å²) in [7, 11) is 0. The molecule has 27 heavy (non-hydrogen) atoms. The Hall–Kier alpha value is -2.29. The zero-order valence-corrected chi connectivity index (χ0v) is 16.4. The van der Waals surface area contributed by atoms with Gasteiger partial charge in [0.05, 0.1) is 5.56 Å². The molecule has 3 rings (SSSR count). The number of halogens is 1. The molecule has 0 unspecified atom stereocenters. The van der Waals surface area contributed by atoms with Gasteiger partial charge < -0.3 is 14.5 Å². The summed E-state index contributed by atoms with van der Waals surface area (Å²) in [5.74, 6) is -0.457. The van der Waals surface area contributed by atoms with Gasteiger partial charge in [0.25, 0.3) is 0 Å². The fraction of sp³-hybridized carbons (Fsp3) is 0.619. The average Bonchev–Trinajstić information content (AvgIpc) is 2.61. The van der Waals surface area contributed by atoms with Gasteiger partial charge in [-0.2, -0.15) is 5.26 Å². The van der Waals surface area contributed by atoms with Crippen LogP contribution in [0.1, 0.15) is 52.0 Å². The second-order valence-corrected chi connectivity index (χ2v) is 8.73. The van der Waals surface area contributed by atoms with Crippen molar-refractivity contribution in [3.05, 3.63) is 29.6 Å². The second-order valence-electron chi connectivity index (χ2n) is 8.73. The van der Waals surface area contributed by atoms with Gasteiger partial charge in [-0.1, -0.05) is 0 Å². The van der Waals surface area contributed by atoms with E-state index in [-0.39, 0.29) is 17.1 Å². The predicted octanol–water partition coefficient (Wildman–Crippen LogP) is 4.31. The third-order valence-electron chi connectivity index (χ3n) is 5.74. The van der Waals surface area contributed by atoms with Crippen molar-refractivity contribution in [1.29, 1.82) is 5.26 Å². The van der Waals surface area contributed by atoms with E-state index in [4.69, 9.17) is 10.00 Å². The normalized spacial score (nSPS) is 19.7.